The van der Waals surface area contributed by atoms with Gasteiger partial charge in [-0.05, 0) is 39.4 Å². The number of unbranched alkanes of at least 4 members (excludes halogenated alkanes) is 2. The van der Waals surface area contributed by atoms with Crippen LogP contribution in [0.2, 0.25) is 0 Å². The maximum atomic E-state index is 4.23. The van der Waals surface area contributed by atoms with E-state index < -0.39 is 0 Å². The molecule has 13 heavy (non-hydrogen) atoms. The third-order valence-corrected chi connectivity index (χ3v) is 2.23. The zero-order valence-electron chi connectivity index (χ0n) is 8.58. The molecule has 1 aromatic heterocycles. The Hall–Kier alpha value is -0.830. The number of hydrogen-bond acceptors (Lipinski definition) is 2. The summed E-state index contributed by atoms with van der Waals surface area (Å²) in [5.41, 5.74) is 1.26. The highest BCUT2D eigenvalue weighted by Gasteiger charge is 1.95. The van der Waals surface area contributed by atoms with Crippen LogP contribution in [0, 0.1) is 6.92 Å². The standard InChI is InChI=1S/C10H19N3/c1-10-6-8-12-13(10)9-5-3-4-7-11-2/h6,8,11H,3-5,7,9H2,1-2H3. The number of aromatic nitrogens is 2. The second kappa shape index (κ2) is 5.75. The second-order valence-corrected chi connectivity index (χ2v) is 3.36. The SMILES string of the molecule is CNCCCCCn1nccc1C. The Morgan fingerprint density at radius 1 is 1.38 bits per heavy atom. The van der Waals surface area contributed by atoms with Crippen molar-refractivity contribution in [3.05, 3.63) is 18.0 Å². The van der Waals surface area contributed by atoms with Crippen LogP contribution in [0.1, 0.15) is 25.0 Å². The Balaban J connectivity index is 2.10. The van der Waals surface area contributed by atoms with Crippen molar-refractivity contribution in [2.24, 2.45) is 0 Å². The van der Waals surface area contributed by atoms with Crippen LogP contribution in [0.5, 0.6) is 0 Å². The van der Waals surface area contributed by atoms with Gasteiger partial charge in [-0.2, -0.15) is 5.10 Å². The summed E-state index contributed by atoms with van der Waals surface area (Å²) >= 11 is 0. The zero-order chi connectivity index (χ0) is 9.52. The molecule has 0 aliphatic carbocycles. The van der Waals surface area contributed by atoms with E-state index in [1.807, 2.05) is 19.3 Å². The van der Waals surface area contributed by atoms with Crippen LogP contribution in [0.25, 0.3) is 0 Å². The van der Waals surface area contributed by atoms with Crippen molar-refractivity contribution in [1.29, 1.82) is 0 Å². The topological polar surface area (TPSA) is 29.9 Å². The van der Waals surface area contributed by atoms with Gasteiger partial charge in [-0.1, -0.05) is 6.42 Å². The van der Waals surface area contributed by atoms with Crippen molar-refractivity contribution in [1.82, 2.24) is 15.1 Å². The summed E-state index contributed by atoms with van der Waals surface area (Å²) in [6, 6.07) is 2.05. The van der Waals surface area contributed by atoms with Crippen LogP contribution in [0.15, 0.2) is 12.3 Å². The third kappa shape index (κ3) is 3.59. The lowest BCUT2D eigenvalue weighted by Crippen LogP contribution is -2.08. The molecular weight excluding hydrogens is 162 g/mol. The van der Waals surface area contributed by atoms with Gasteiger partial charge in [0.2, 0.25) is 0 Å². The summed E-state index contributed by atoms with van der Waals surface area (Å²) in [6.07, 6.45) is 5.63. The van der Waals surface area contributed by atoms with Crippen LogP contribution in [0.4, 0.5) is 0 Å². The molecule has 0 spiro atoms. The summed E-state index contributed by atoms with van der Waals surface area (Å²) in [5, 5.41) is 7.38. The first-order chi connectivity index (χ1) is 6.34. The highest BCUT2D eigenvalue weighted by atomic mass is 15.3. The molecule has 1 aromatic rings. The van der Waals surface area contributed by atoms with Crippen molar-refractivity contribution < 1.29 is 0 Å². The average molecular weight is 181 g/mol. The fraction of sp³-hybridized carbons (Fsp3) is 0.700. The Morgan fingerprint density at radius 3 is 2.85 bits per heavy atom. The summed E-state index contributed by atoms with van der Waals surface area (Å²) in [5.74, 6) is 0. The van der Waals surface area contributed by atoms with Gasteiger partial charge in [0.25, 0.3) is 0 Å². The average Bonchev–Trinajstić information content (AvgIpc) is 2.52. The van der Waals surface area contributed by atoms with E-state index in [0.29, 0.717) is 0 Å². The largest absolute Gasteiger partial charge is 0.320 e. The lowest BCUT2D eigenvalue weighted by Gasteiger charge is -2.03. The third-order valence-electron chi connectivity index (χ3n) is 2.23. The predicted molar refractivity (Wildman–Crippen MR) is 54.7 cm³/mol. The van der Waals surface area contributed by atoms with E-state index in [2.05, 4.69) is 22.0 Å². The first kappa shape index (κ1) is 10.3. The first-order valence-corrected chi connectivity index (χ1v) is 4.97. The van der Waals surface area contributed by atoms with Gasteiger partial charge < -0.3 is 5.32 Å². The number of hydrogen-bond donors (Lipinski definition) is 1. The normalized spacial score (nSPS) is 10.6. The highest BCUT2D eigenvalue weighted by molar-refractivity contribution is 4.96. The van der Waals surface area contributed by atoms with Crippen LogP contribution < -0.4 is 5.32 Å². The van der Waals surface area contributed by atoms with Gasteiger partial charge in [-0.3, -0.25) is 4.68 Å². The van der Waals surface area contributed by atoms with Crippen molar-refractivity contribution >= 4 is 0 Å². The van der Waals surface area contributed by atoms with Gasteiger partial charge in [-0.15, -0.1) is 0 Å². The molecule has 0 aromatic carbocycles. The first-order valence-electron chi connectivity index (χ1n) is 4.97. The minimum atomic E-state index is 1.06. The summed E-state index contributed by atoms with van der Waals surface area (Å²) < 4.78 is 2.07. The van der Waals surface area contributed by atoms with Crippen LogP contribution >= 0.6 is 0 Å². The lowest BCUT2D eigenvalue weighted by atomic mass is 10.2. The highest BCUT2D eigenvalue weighted by Crippen LogP contribution is 2.01. The van der Waals surface area contributed by atoms with Crippen LogP contribution in [0.3, 0.4) is 0 Å². The summed E-state index contributed by atoms with van der Waals surface area (Å²) in [6.45, 7) is 4.28. The summed E-state index contributed by atoms with van der Waals surface area (Å²) in [4.78, 5) is 0. The lowest BCUT2D eigenvalue weighted by molar-refractivity contribution is 0.529. The van der Waals surface area contributed by atoms with Crippen molar-refractivity contribution in [3.8, 4) is 0 Å². The molecule has 1 heterocycles. The van der Waals surface area contributed by atoms with Crippen molar-refractivity contribution in [2.45, 2.75) is 32.7 Å². The molecule has 0 saturated carbocycles. The molecule has 0 aliphatic rings. The van der Waals surface area contributed by atoms with Gasteiger partial charge >= 0.3 is 0 Å². The van der Waals surface area contributed by atoms with E-state index in [4.69, 9.17) is 0 Å². The Morgan fingerprint density at radius 2 is 2.23 bits per heavy atom. The fourth-order valence-electron chi connectivity index (χ4n) is 1.37. The Kier molecular flexibility index (Phi) is 4.54. The zero-order valence-corrected chi connectivity index (χ0v) is 8.58. The number of rotatable bonds is 6. The number of nitrogens with one attached hydrogen (secondary N) is 1. The quantitative estimate of drug-likeness (QED) is 0.675. The summed E-state index contributed by atoms with van der Waals surface area (Å²) in [7, 11) is 2.00. The molecule has 1 N–H and O–H groups in total. The van der Waals surface area contributed by atoms with Gasteiger partial charge in [0.05, 0.1) is 0 Å². The van der Waals surface area contributed by atoms with E-state index >= 15 is 0 Å². The maximum absolute atomic E-state index is 4.23. The van der Waals surface area contributed by atoms with E-state index in [9.17, 15) is 0 Å². The van der Waals surface area contributed by atoms with E-state index in [-0.39, 0.29) is 0 Å². The van der Waals surface area contributed by atoms with Gasteiger partial charge in [-0.25, -0.2) is 0 Å². The molecule has 1 rings (SSSR count). The smallest absolute Gasteiger partial charge is 0.0492 e. The molecular formula is C10H19N3. The van der Waals surface area contributed by atoms with Crippen molar-refractivity contribution in [3.63, 3.8) is 0 Å². The molecule has 3 heteroatoms. The molecule has 0 bridgehead atoms. The molecule has 0 saturated heterocycles. The Bertz CT molecular complexity index is 230. The molecule has 0 aliphatic heterocycles. The molecule has 0 atom stereocenters. The van der Waals surface area contributed by atoms with Crippen molar-refractivity contribution in [2.75, 3.05) is 13.6 Å². The van der Waals surface area contributed by atoms with Gasteiger partial charge in [0.1, 0.15) is 0 Å². The van der Waals surface area contributed by atoms with Gasteiger partial charge in [0, 0.05) is 18.4 Å². The Labute approximate surface area is 80.1 Å². The van der Waals surface area contributed by atoms with Gasteiger partial charge in [0.15, 0.2) is 0 Å². The number of aryl methyl sites for hydroxylation is 2. The maximum Gasteiger partial charge on any atom is 0.0492 e. The second-order valence-electron chi connectivity index (χ2n) is 3.36. The van der Waals surface area contributed by atoms with E-state index in [0.717, 1.165) is 13.1 Å². The van der Waals surface area contributed by atoms with E-state index in [1.165, 1.54) is 25.0 Å². The number of nitrogens with zero attached hydrogens (tertiary/aromatic N) is 2. The van der Waals surface area contributed by atoms with Crippen LogP contribution in [-0.4, -0.2) is 23.4 Å². The van der Waals surface area contributed by atoms with Crippen LogP contribution in [-0.2, 0) is 6.54 Å². The minimum absolute atomic E-state index is 1.06. The molecule has 3 nitrogen and oxygen atoms in total. The molecule has 0 unspecified atom stereocenters. The monoisotopic (exact) mass is 181 g/mol. The minimum Gasteiger partial charge on any atom is -0.320 e. The van der Waals surface area contributed by atoms with E-state index in [1.54, 1.807) is 0 Å². The molecule has 74 valence electrons. The molecule has 0 fully saturated rings. The predicted octanol–water partition coefficient (Wildman–Crippen LogP) is 1.58. The fourth-order valence-corrected chi connectivity index (χ4v) is 1.37. The molecule has 0 amide bonds. The molecule has 0 radical (unpaired) electrons.